The summed E-state index contributed by atoms with van der Waals surface area (Å²) in [6.07, 6.45) is 7.30. The molecule has 1 fully saturated rings. The van der Waals surface area contributed by atoms with Crippen LogP contribution in [0.25, 0.3) is 0 Å². The van der Waals surface area contributed by atoms with Crippen molar-refractivity contribution in [2.75, 3.05) is 6.54 Å². The summed E-state index contributed by atoms with van der Waals surface area (Å²) in [4.78, 5) is 0. The van der Waals surface area contributed by atoms with Gasteiger partial charge in [0.25, 0.3) is 0 Å². The molecule has 1 aliphatic rings. The third kappa shape index (κ3) is 2.74. The van der Waals surface area contributed by atoms with Crippen LogP contribution in [0.3, 0.4) is 0 Å². The van der Waals surface area contributed by atoms with Gasteiger partial charge in [-0.3, -0.25) is 0 Å². The van der Waals surface area contributed by atoms with Crippen LogP contribution in [0.1, 0.15) is 56.6 Å². The van der Waals surface area contributed by atoms with E-state index in [4.69, 9.17) is 0 Å². The highest BCUT2D eigenvalue weighted by Crippen LogP contribution is 2.36. The van der Waals surface area contributed by atoms with E-state index in [1.54, 1.807) is 12.1 Å². The van der Waals surface area contributed by atoms with E-state index < -0.39 is 0 Å². The van der Waals surface area contributed by atoms with Crippen LogP contribution in [-0.4, -0.2) is 6.54 Å². The smallest absolute Gasteiger partial charge is 0.123 e. The van der Waals surface area contributed by atoms with E-state index in [9.17, 15) is 4.39 Å². The van der Waals surface area contributed by atoms with Crippen LogP contribution in [0.4, 0.5) is 4.39 Å². The molecule has 1 heterocycles. The molecule has 1 aromatic carbocycles. The molecule has 0 amide bonds. The van der Waals surface area contributed by atoms with E-state index in [0.29, 0.717) is 0 Å². The molecule has 18 heavy (non-hydrogen) atoms. The van der Waals surface area contributed by atoms with Gasteiger partial charge in [0.05, 0.1) is 0 Å². The Labute approximate surface area is 110 Å². The van der Waals surface area contributed by atoms with Crippen LogP contribution in [0, 0.1) is 12.7 Å². The summed E-state index contributed by atoms with van der Waals surface area (Å²) in [6.45, 7) is 5.34. The van der Waals surface area contributed by atoms with Crippen molar-refractivity contribution < 1.29 is 4.39 Å². The number of aryl methyl sites for hydroxylation is 1. The van der Waals surface area contributed by atoms with Crippen molar-refractivity contribution in [2.45, 2.75) is 57.9 Å². The Balaban J connectivity index is 2.38. The summed E-state index contributed by atoms with van der Waals surface area (Å²) in [5.41, 5.74) is 2.45. The monoisotopic (exact) mass is 249 g/mol. The van der Waals surface area contributed by atoms with Gasteiger partial charge in [-0.25, -0.2) is 4.39 Å². The fourth-order valence-corrected chi connectivity index (χ4v) is 3.31. The van der Waals surface area contributed by atoms with Gasteiger partial charge in [0.15, 0.2) is 0 Å². The highest BCUT2D eigenvalue weighted by Gasteiger charge is 2.32. The van der Waals surface area contributed by atoms with E-state index in [0.717, 1.165) is 24.9 Å². The van der Waals surface area contributed by atoms with Gasteiger partial charge < -0.3 is 5.32 Å². The van der Waals surface area contributed by atoms with Gasteiger partial charge >= 0.3 is 0 Å². The zero-order chi connectivity index (χ0) is 13.0. The summed E-state index contributed by atoms with van der Waals surface area (Å²) in [5.74, 6) is -0.128. The molecule has 1 aromatic rings. The summed E-state index contributed by atoms with van der Waals surface area (Å²) < 4.78 is 13.3. The number of hydrogen-bond donors (Lipinski definition) is 1. The van der Waals surface area contributed by atoms with E-state index in [1.165, 1.54) is 31.2 Å². The lowest BCUT2D eigenvalue weighted by Gasteiger charge is -2.35. The number of benzene rings is 1. The van der Waals surface area contributed by atoms with Crippen LogP contribution >= 0.6 is 0 Å². The third-order valence-electron chi connectivity index (χ3n) is 4.12. The number of rotatable bonds is 3. The molecule has 0 aromatic heterocycles. The quantitative estimate of drug-likeness (QED) is 0.842. The molecule has 2 rings (SSSR count). The third-order valence-corrected chi connectivity index (χ3v) is 4.12. The van der Waals surface area contributed by atoms with E-state index in [2.05, 4.69) is 12.2 Å². The second kappa shape index (κ2) is 5.83. The molecule has 1 N–H and O–H groups in total. The van der Waals surface area contributed by atoms with E-state index >= 15 is 0 Å². The molecular formula is C16H24FN. The topological polar surface area (TPSA) is 12.0 Å². The van der Waals surface area contributed by atoms with Crippen molar-refractivity contribution in [3.63, 3.8) is 0 Å². The molecule has 0 bridgehead atoms. The lowest BCUT2D eigenvalue weighted by atomic mass is 9.79. The Bertz CT molecular complexity index is 392. The predicted octanol–water partition coefficient (Wildman–Crippen LogP) is 4.29. The Morgan fingerprint density at radius 2 is 2.11 bits per heavy atom. The highest BCUT2D eigenvalue weighted by molar-refractivity contribution is 5.33. The van der Waals surface area contributed by atoms with E-state index in [1.807, 2.05) is 13.0 Å². The van der Waals surface area contributed by atoms with Crippen LogP contribution in [0.5, 0.6) is 0 Å². The zero-order valence-corrected chi connectivity index (χ0v) is 11.6. The summed E-state index contributed by atoms with van der Waals surface area (Å²) in [7, 11) is 0. The van der Waals surface area contributed by atoms with Crippen molar-refractivity contribution in [3.05, 3.63) is 35.1 Å². The Hall–Kier alpha value is -0.890. The number of halogens is 1. The van der Waals surface area contributed by atoms with Gasteiger partial charge in [0, 0.05) is 5.54 Å². The molecule has 2 heteroatoms. The van der Waals surface area contributed by atoms with Gasteiger partial charge in [-0.1, -0.05) is 32.3 Å². The standard InChI is InChI=1S/C16H24FN/c1-3-9-16(10-5-4-6-11-18-16)15-8-7-14(17)12-13(15)2/h7-8,12,18H,3-6,9-11H2,1-2H3. The van der Waals surface area contributed by atoms with Crippen molar-refractivity contribution >= 4 is 0 Å². The molecule has 1 aliphatic heterocycles. The molecule has 0 aliphatic carbocycles. The van der Waals surface area contributed by atoms with Crippen molar-refractivity contribution in [2.24, 2.45) is 0 Å². The minimum atomic E-state index is -0.128. The van der Waals surface area contributed by atoms with Crippen LogP contribution in [0.2, 0.25) is 0 Å². The lowest BCUT2D eigenvalue weighted by Crippen LogP contribution is -2.42. The summed E-state index contributed by atoms with van der Waals surface area (Å²) >= 11 is 0. The highest BCUT2D eigenvalue weighted by atomic mass is 19.1. The molecule has 0 radical (unpaired) electrons. The molecule has 100 valence electrons. The molecule has 1 unspecified atom stereocenters. The van der Waals surface area contributed by atoms with Gasteiger partial charge in [0.2, 0.25) is 0 Å². The van der Waals surface area contributed by atoms with E-state index in [-0.39, 0.29) is 11.4 Å². The summed E-state index contributed by atoms with van der Waals surface area (Å²) in [5, 5.41) is 3.75. The van der Waals surface area contributed by atoms with Gasteiger partial charge in [-0.15, -0.1) is 0 Å². The number of nitrogens with one attached hydrogen (secondary N) is 1. The van der Waals surface area contributed by atoms with Crippen LogP contribution < -0.4 is 5.32 Å². The zero-order valence-electron chi connectivity index (χ0n) is 11.6. The fourth-order valence-electron chi connectivity index (χ4n) is 3.31. The van der Waals surface area contributed by atoms with Crippen molar-refractivity contribution in [3.8, 4) is 0 Å². The van der Waals surface area contributed by atoms with Crippen LogP contribution in [-0.2, 0) is 5.54 Å². The Morgan fingerprint density at radius 3 is 2.83 bits per heavy atom. The molecular weight excluding hydrogens is 225 g/mol. The summed E-state index contributed by atoms with van der Waals surface area (Å²) in [6, 6.07) is 5.25. The second-order valence-electron chi connectivity index (χ2n) is 5.53. The second-order valence-corrected chi connectivity index (χ2v) is 5.53. The van der Waals surface area contributed by atoms with Crippen LogP contribution in [0.15, 0.2) is 18.2 Å². The minimum Gasteiger partial charge on any atom is -0.307 e. The van der Waals surface area contributed by atoms with Crippen molar-refractivity contribution in [1.82, 2.24) is 5.32 Å². The predicted molar refractivity (Wildman–Crippen MR) is 74.2 cm³/mol. The van der Waals surface area contributed by atoms with Gasteiger partial charge in [-0.2, -0.15) is 0 Å². The first-order valence-corrected chi connectivity index (χ1v) is 7.19. The average Bonchev–Trinajstić information content (AvgIpc) is 2.56. The molecule has 1 saturated heterocycles. The number of hydrogen-bond acceptors (Lipinski definition) is 1. The molecule has 0 spiro atoms. The SMILES string of the molecule is CCCC1(c2ccc(F)cc2C)CCCCCN1. The van der Waals surface area contributed by atoms with Crippen molar-refractivity contribution in [1.29, 1.82) is 0 Å². The van der Waals surface area contributed by atoms with Gasteiger partial charge in [-0.05, 0) is 56.0 Å². The maximum absolute atomic E-state index is 13.3. The minimum absolute atomic E-state index is 0.0725. The average molecular weight is 249 g/mol. The normalized spacial score (nSPS) is 24.8. The maximum atomic E-state index is 13.3. The molecule has 0 saturated carbocycles. The maximum Gasteiger partial charge on any atom is 0.123 e. The molecule has 1 nitrogen and oxygen atoms in total. The molecule has 1 atom stereocenters. The van der Waals surface area contributed by atoms with Gasteiger partial charge in [0.1, 0.15) is 5.82 Å². The largest absolute Gasteiger partial charge is 0.307 e. The lowest BCUT2D eigenvalue weighted by molar-refractivity contribution is 0.295. The first-order chi connectivity index (χ1) is 8.68. The fraction of sp³-hybridized carbons (Fsp3) is 0.625. The Morgan fingerprint density at radius 1 is 1.28 bits per heavy atom. The first-order valence-electron chi connectivity index (χ1n) is 7.19. The Kier molecular flexibility index (Phi) is 4.39. The first kappa shape index (κ1) is 13.5.